The summed E-state index contributed by atoms with van der Waals surface area (Å²) >= 11 is 0. The smallest absolute Gasteiger partial charge is 0.342 e. The Labute approximate surface area is 149 Å². The molecule has 3 aromatic rings. The molecule has 0 aliphatic rings. The summed E-state index contributed by atoms with van der Waals surface area (Å²) in [4.78, 5) is 0. The molecule has 0 spiro atoms. The molecule has 0 bridgehead atoms. The Kier molecular flexibility index (Phi) is 4.60. The van der Waals surface area contributed by atoms with E-state index < -0.39 is 11.7 Å². The lowest BCUT2D eigenvalue weighted by molar-refractivity contribution is -0.137. The lowest BCUT2D eigenvalue weighted by atomic mass is 10.1. The summed E-state index contributed by atoms with van der Waals surface area (Å²) in [6.45, 7) is 3.71. The summed E-state index contributed by atoms with van der Waals surface area (Å²) in [7, 11) is 0. The highest BCUT2D eigenvalue weighted by Crippen LogP contribution is 2.31. The van der Waals surface area contributed by atoms with Gasteiger partial charge in [-0.25, -0.2) is 0 Å². The van der Waals surface area contributed by atoms with Crippen molar-refractivity contribution in [2.45, 2.75) is 26.6 Å². The van der Waals surface area contributed by atoms with Crippen molar-refractivity contribution < 1.29 is 13.2 Å². The van der Waals surface area contributed by atoms with Crippen molar-refractivity contribution in [2.24, 2.45) is 0 Å². The van der Waals surface area contributed by atoms with E-state index in [9.17, 15) is 13.2 Å². The molecule has 0 atom stereocenters. The minimum atomic E-state index is -4.36. The Morgan fingerprint density at radius 3 is 2.62 bits per heavy atom. The van der Waals surface area contributed by atoms with Gasteiger partial charge in [-0.15, -0.1) is 0 Å². The van der Waals surface area contributed by atoms with Crippen LogP contribution in [0.15, 0.2) is 54.2 Å². The second-order valence-electron chi connectivity index (χ2n) is 6.37. The molecule has 0 saturated carbocycles. The monoisotopic (exact) mass is 354 g/mol. The van der Waals surface area contributed by atoms with Gasteiger partial charge in [-0.05, 0) is 43.7 Å². The standard InChI is InChI=1S/C21H17F3N2/c1-14-7-16(10-18(9-14)21(22,23)24)12-26-13-17(8-15(2)11-25)19-5-3-4-6-20(19)26/h3-10,13H,12H2,1-2H3/b15-8-. The summed E-state index contributed by atoms with van der Waals surface area (Å²) in [6, 6.07) is 13.9. The van der Waals surface area contributed by atoms with Crippen LogP contribution < -0.4 is 0 Å². The van der Waals surface area contributed by atoms with E-state index in [0.717, 1.165) is 22.5 Å². The quantitative estimate of drug-likeness (QED) is 0.535. The topological polar surface area (TPSA) is 28.7 Å². The zero-order chi connectivity index (χ0) is 18.9. The molecule has 0 saturated heterocycles. The number of fused-ring (bicyclic) bond motifs is 1. The zero-order valence-electron chi connectivity index (χ0n) is 14.4. The Morgan fingerprint density at radius 2 is 1.92 bits per heavy atom. The second-order valence-corrected chi connectivity index (χ2v) is 6.37. The van der Waals surface area contributed by atoms with Crippen LogP contribution in [-0.4, -0.2) is 4.57 Å². The number of aromatic nitrogens is 1. The van der Waals surface area contributed by atoms with Gasteiger partial charge < -0.3 is 4.57 Å². The molecule has 26 heavy (non-hydrogen) atoms. The number of benzene rings is 2. The van der Waals surface area contributed by atoms with Crippen LogP contribution in [0.5, 0.6) is 0 Å². The average Bonchev–Trinajstić information content (AvgIpc) is 2.91. The molecule has 5 heteroatoms. The van der Waals surface area contributed by atoms with Crippen molar-refractivity contribution in [3.63, 3.8) is 0 Å². The van der Waals surface area contributed by atoms with E-state index in [2.05, 4.69) is 6.07 Å². The number of allylic oxidation sites excluding steroid dienone is 1. The number of para-hydroxylation sites is 1. The van der Waals surface area contributed by atoms with Crippen LogP contribution in [0, 0.1) is 18.3 Å². The van der Waals surface area contributed by atoms with Gasteiger partial charge in [-0.2, -0.15) is 18.4 Å². The molecule has 1 aromatic heterocycles. The highest BCUT2D eigenvalue weighted by atomic mass is 19.4. The molecule has 132 valence electrons. The maximum Gasteiger partial charge on any atom is 0.416 e. The van der Waals surface area contributed by atoms with Crippen LogP contribution in [0.2, 0.25) is 0 Å². The molecule has 0 aliphatic heterocycles. The van der Waals surface area contributed by atoms with Crippen LogP contribution in [0.3, 0.4) is 0 Å². The number of hydrogen-bond acceptors (Lipinski definition) is 1. The number of nitriles is 1. The Morgan fingerprint density at radius 1 is 1.19 bits per heavy atom. The molecule has 3 rings (SSSR count). The van der Waals surface area contributed by atoms with Crippen LogP contribution >= 0.6 is 0 Å². The van der Waals surface area contributed by atoms with Gasteiger partial charge in [0.1, 0.15) is 0 Å². The predicted octanol–water partition coefficient (Wildman–Crippen LogP) is 5.94. The van der Waals surface area contributed by atoms with Crippen molar-refractivity contribution in [1.29, 1.82) is 5.26 Å². The minimum Gasteiger partial charge on any atom is -0.342 e. The molecule has 0 aliphatic carbocycles. The first-order chi connectivity index (χ1) is 12.3. The Balaban J connectivity index is 2.08. The summed E-state index contributed by atoms with van der Waals surface area (Å²) in [6.07, 6.45) is -0.700. The zero-order valence-corrected chi connectivity index (χ0v) is 14.4. The third-order valence-corrected chi connectivity index (χ3v) is 4.19. The van der Waals surface area contributed by atoms with Gasteiger partial charge in [-0.3, -0.25) is 0 Å². The van der Waals surface area contributed by atoms with Gasteiger partial charge in [0.2, 0.25) is 0 Å². The number of aryl methyl sites for hydroxylation is 1. The number of alkyl halides is 3. The van der Waals surface area contributed by atoms with E-state index >= 15 is 0 Å². The summed E-state index contributed by atoms with van der Waals surface area (Å²) in [5.41, 5.74) is 2.90. The van der Waals surface area contributed by atoms with Crippen LogP contribution in [0.25, 0.3) is 17.0 Å². The molecule has 2 aromatic carbocycles. The van der Waals surface area contributed by atoms with Gasteiger partial charge in [-0.1, -0.05) is 29.8 Å². The fraction of sp³-hybridized carbons (Fsp3) is 0.190. The first-order valence-corrected chi connectivity index (χ1v) is 8.12. The number of halogens is 3. The van der Waals surface area contributed by atoms with Gasteiger partial charge in [0.05, 0.1) is 11.6 Å². The van der Waals surface area contributed by atoms with Crippen molar-refractivity contribution >= 4 is 17.0 Å². The molecular weight excluding hydrogens is 337 g/mol. The third-order valence-electron chi connectivity index (χ3n) is 4.19. The van der Waals surface area contributed by atoms with Crippen molar-refractivity contribution in [1.82, 2.24) is 4.57 Å². The number of rotatable bonds is 3. The lowest BCUT2D eigenvalue weighted by Crippen LogP contribution is -2.07. The molecule has 2 nitrogen and oxygen atoms in total. The van der Waals surface area contributed by atoms with Crippen molar-refractivity contribution in [3.05, 3.63) is 76.5 Å². The molecule has 1 heterocycles. The summed E-state index contributed by atoms with van der Waals surface area (Å²) < 4.78 is 41.2. The van der Waals surface area contributed by atoms with Crippen LogP contribution in [0.1, 0.15) is 29.2 Å². The molecule has 0 fully saturated rings. The van der Waals surface area contributed by atoms with Gasteiger partial charge in [0.15, 0.2) is 0 Å². The minimum absolute atomic E-state index is 0.324. The van der Waals surface area contributed by atoms with E-state index in [1.165, 1.54) is 6.07 Å². The molecule has 0 radical (unpaired) electrons. The Hall–Kier alpha value is -3.00. The molecule has 0 N–H and O–H groups in total. The van der Waals surface area contributed by atoms with Gasteiger partial charge >= 0.3 is 6.18 Å². The van der Waals surface area contributed by atoms with Gasteiger partial charge in [0.25, 0.3) is 0 Å². The van der Waals surface area contributed by atoms with Gasteiger partial charge in [0, 0.05) is 34.8 Å². The molecule has 0 unspecified atom stereocenters. The van der Waals surface area contributed by atoms with E-state index in [4.69, 9.17) is 5.26 Å². The predicted molar refractivity (Wildman–Crippen MR) is 96.5 cm³/mol. The Bertz CT molecular complexity index is 1030. The highest BCUT2D eigenvalue weighted by Gasteiger charge is 2.30. The van der Waals surface area contributed by atoms with E-state index in [0.29, 0.717) is 23.2 Å². The fourth-order valence-electron chi connectivity index (χ4n) is 3.10. The third kappa shape index (κ3) is 3.65. The maximum atomic E-state index is 13.1. The van der Waals surface area contributed by atoms with E-state index in [1.54, 1.807) is 26.0 Å². The average molecular weight is 354 g/mol. The second kappa shape index (κ2) is 6.72. The molecular formula is C21H17F3N2. The first-order valence-electron chi connectivity index (χ1n) is 8.12. The van der Waals surface area contributed by atoms with Crippen LogP contribution in [-0.2, 0) is 12.7 Å². The first kappa shape index (κ1) is 17.8. The summed E-state index contributed by atoms with van der Waals surface area (Å²) in [5.74, 6) is 0. The number of nitrogens with zero attached hydrogens (tertiary/aromatic N) is 2. The number of hydrogen-bond donors (Lipinski definition) is 0. The largest absolute Gasteiger partial charge is 0.416 e. The normalized spacial score (nSPS) is 12.4. The maximum absolute atomic E-state index is 13.1. The summed E-state index contributed by atoms with van der Waals surface area (Å²) in [5, 5.41) is 9.98. The van der Waals surface area contributed by atoms with E-state index in [1.807, 2.05) is 35.0 Å². The van der Waals surface area contributed by atoms with Crippen molar-refractivity contribution in [2.75, 3.05) is 0 Å². The highest BCUT2D eigenvalue weighted by molar-refractivity contribution is 5.90. The van der Waals surface area contributed by atoms with E-state index in [-0.39, 0.29) is 0 Å². The van der Waals surface area contributed by atoms with Crippen LogP contribution in [0.4, 0.5) is 13.2 Å². The van der Waals surface area contributed by atoms with Crippen molar-refractivity contribution in [3.8, 4) is 6.07 Å². The molecule has 0 amide bonds. The fourth-order valence-corrected chi connectivity index (χ4v) is 3.10. The lowest BCUT2D eigenvalue weighted by Gasteiger charge is -2.12. The SMILES string of the molecule is C/C(C#N)=C/c1cn(Cc2cc(C)cc(C(F)(F)F)c2)c2ccccc12.